The van der Waals surface area contributed by atoms with Crippen molar-refractivity contribution >= 4 is 0 Å². The first-order valence-electron chi connectivity index (χ1n) is 6.24. The molecule has 0 bridgehead atoms. The number of aliphatic hydroxyl groups excluding tert-OH is 1. The molecule has 1 heterocycles. The van der Waals surface area contributed by atoms with E-state index in [4.69, 9.17) is 9.52 Å². The van der Waals surface area contributed by atoms with Crippen molar-refractivity contribution in [1.82, 2.24) is 5.32 Å². The summed E-state index contributed by atoms with van der Waals surface area (Å²) in [6, 6.07) is 14.2. The summed E-state index contributed by atoms with van der Waals surface area (Å²) in [7, 11) is 0. The SMILES string of the molecule is Cc1ccc(CN[C@H](CCO)c2ccccc2)o1. The summed E-state index contributed by atoms with van der Waals surface area (Å²) >= 11 is 0. The lowest BCUT2D eigenvalue weighted by molar-refractivity contribution is 0.263. The van der Waals surface area contributed by atoms with Crippen LogP contribution < -0.4 is 5.32 Å². The molecule has 0 aliphatic carbocycles. The molecule has 3 nitrogen and oxygen atoms in total. The number of nitrogens with one attached hydrogen (secondary N) is 1. The Morgan fingerprint density at radius 1 is 1.17 bits per heavy atom. The summed E-state index contributed by atoms with van der Waals surface area (Å²) < 4.78 is 5.52. The van der Waals surface area contributed by atoms with Crippen molar-refractivity contribution in [3.05, 3.63) is 59.5 Å². The third-order valence-electron chi connectivity index (χ3n) is 2.94. The van der Waals surface area contributed by atoms with Crippen molar-refractivity contribution in [2.24, 2.45) is 0 Å². The van der Waals surface area contributed by atoms with Crippen LogP contribution in [0.3, 0.4) is 0 Å². The topological polar surface area (TPSA) is 45.4 Å². The van der Waals surface area contributed by atoms with Crippen LogP contribution in [0.5, 0.6) is 0 Å². The van der Waals surface area contributed by atoms with E-state index in [2.05, 4.69) is 17.4 Å². The van der Waals surface area contributed by atoms with E-state index < -0.39 is 0 Å². The standard InChI is InChI=1S/C15H19NO2/c1-12-7-8-14(18-12)11-16-15(9-10-17)13-5-3-2-4-6-13/h2-8,15-17H,9-11H2,1H3/t15-/m1/s1. The maximum absolute atomic E-state index is 9.14. The number of aliphatic hydroxyl groups is 1. The zero-order chi connectivity index (χ0) is 12.8. The molecule has 0 fully saturated rings. The molecule has 0 saturated carbocycles. The van der Waals surface area contributed by atoms with Gasteiger partial charge in [-0.25, -0.2) is 0 Å². The van der Waals surface area contributed by atoms with Crippen LogP contribution in [-0.4, -0.2) is 11.7 Å². The van der Waals surface area contributed by atoms with Gasteiger partial charge in [-0.3, -0.25) is 0 Å². The predicted octanol–water partition coefficient (Wildman–Crippen LogP) is 2.80. The van der Waals surface area contributed by atoms with Gasteiger partial charge in [0.2, 0.25) is 0 Å². The maximum Gasteiger partial charge on any atom is 0.117 e. The zero-order valence-electron chi connectivity index (χ0n) is 10.6. The van der Waals surface area contributed by atoms with Crippen LogP contribution in [-0.2, 0) is 6.54 Å². The summed E-state index contributed by atoms with van der Waals surface area (Å²) in [4.78, 5) is 0. The second kappa shape index (κ2) is 6.38. The molecule has 0 aliphatic heterocycles. The number of hydrogen-bond acceptors (Lipinski definition) is 3. The smallest absolute Gasteiger partial charge is 0.117 e. The van der Waals surface area contributed by atoms with Gasteiger partial charge >= 0.3 is 0 Å². The van der Waals surface area contributed by atoms with Crippen molar-refractivity contribution in [3.8, 4) is 0 Å². The average molecular weight is 245 g/mol. The Kier molecular flexibility index (Phi) is 4.56. The highest BCUT2D eigenvalue weighted by Gasteiger charge is 2.10. The van der Waals surface area contributed by atoms with E-state index in [-0.39, 0.29) is 12.6 Å². The molecule has 0 unspecified atom stereocenters. The fourth-order valence-electron chi connectivity index (χ4n) is 2.00. The van der Waals surface area contributed by atoms with Gasteiger partial charge < -0.3 is 14.8 Å². The number of furan rings is 1. The predicted molar refractivity (Wildman–Crippen MR) is 71.2 cm³/mol. The lowest BCUT2D eigenvalue weighted by Crippen LogP contribution is -2.21. The summed E-state index contributed by atoms with van der Waals surface area (Å²) in [6.45, 7) is 2.78. The molecule has 3 heteroatoms. The van der Waals surface area contributed by atoms with Crippen molar-refractivity contribution in [2.75, 3.05) is 6.61 Å². The summed E-state index contributed by atoms with van der Waals surface area (Å²) in [5.41, 5.74) is 1.19. The quantitative estimate of drug-likeness (QED) is 0.822. The van der Waals surface area contributed by atoms with Crippen LogP contribution in [0.2, 0.25) is 0 Å². The van der Waals surface area contributed by atoms with Crippen LogP contribution in [0.1, 0.15) is 29.5 Å². The van der Waals surface area contributed by atoms with Crippen molar-refractivity contribution in [3.63, 3.8) is 0 Å². The molecule has 2 rings (SSSR count). The van der Waals surface area contributed by atoms with Crippen LogP contribution in [0.25, 0.3) is 0 Å². The highest BCUT2D eigenvalue weighted by atomic mass is 16.3. The first kappa shape index (κ1) is 12.9. The minimum absolute atomic E-state index is 0.154. The van der Waals surface area contributed by atoms with Gasteiger partial charge in [0, 0.05) is 12.6 Å². The largest absolute Gasteiger partial charge is 0.465 e. The minimum atomic E-state index is 0.154. The van der Waals surface area contributed by atoms with E-state index in [1.807, 2.05) is 37.3 Å². The van der Waals surface area contributed by atoms with Crippen molar-refractivity contribution in [1.29, 1.82) is 0 Å². The molecule has 0 radical (unpaired) electrons. The van der Waals surface area contributed by atoms with Crippen LogP contribution in [0.4, 0.5) is 0 Å². The molecule has 1 aromatic carbocycles. The number of rotatable bonds is 6. The number of hydrogen-bond donors (Lipinski definition) is 2. The average Bonchev–Trinajstić information content (AvgIpc) is 2.81. The highest BCUT2D eigenvalue weighted by Crippen LogP contribution is 2.17. The molecule has 1 atom stereocenters. The van der Waals surface area contributed by atoms with Crippen LogP contribution in [0.15, 0.2) is 46.9 Å². The third kappa shape index (κ3) is 3.45. The molecule has 18 heavy (non-hydrogen) atoms. The molecule has 1 aromatic heterocycles. The first-order chi connectivity index (χ1) is 8.79. The van der Waals surface area contributed by atoms with E-state index in [1.54, 1.807) is 0 Å². The number of aryl methyl sites for hydroxylation is 1. The van der Waals surface area contributed by atoms with E-state index in [1.165, 1.54) is 5.56 Å². The highest BCUT2D eigenvalue weighted by molar-refractivity contribution is 5.19. The second-order valence-electron chi connectivity index (χ2n) is 4.37. The van der Waals surface area contributed by atoms with Gasteiger partial charge in [0.25, 0.3) is 0 Å². The molecule has 0 amide bonds. The second-order valence-corrected chi connectivity index (χ2v) is 4.37. The fraction of sp³-hybridized carbons (Fsp3) is 0.333. The van der Waals surface area contributed by atoms with Gasteiger partial charge in [-0.1, -0.05) is 30.3 Å². The summed E-state index contributed by atoms with van der Waals surface area (Å²) in [5.74, 6) is 1.84. The Morgan fingerprint density at radius 2 is 1.94 bits per heavy atom. The summed E-state index contributed by atoms with van der Waals surface area (Å²) in [6.07, 6.45) is 0.698. The Hall–Kier alpha value is -1.58. The van der Waals surface area contributed by atoms with Crippen LogP contribution >= 0.6 is 0 Å². The molecular formula is C15H19NO2. The molecular weight excluding hydrogens is 226 g/mol. The van der Waals surface area contributed by atoms with Gasteiger partial charge in [0.1, 0.15) is 11.5 Å². The lowest BCUT2D eigenvalue weighted by Gasteiger charge is -2.17. The van der Waals surface area contributed by atoms with Gasteiger partial charge in [-0.15, -0.1) is 0 Å². The van der Waals surface area contributed by atoms with Gasteiger partial charge in [-0.05, 0) is 31.0 Å². The normalized spacial score (nSPS) is 12.6. The Labute approximate surface area is 107 Å². The Bertz CT molecular complexity index is 464. The molecule has 2 N–H and O–H groups in total. The Morgan fingerprint density at radius 3 is 2.56 bits per heavy atom. The van der Waals surface area contributed by atoms with Gasteiger partial charge in [-0.2, -0.15) is 0 Å². The summed E-state index contributed by atoms with van der Waals surface area (Å²) in [5, 5.41) is 12.5. The molecule has 96 valence electrons. The molecule has 2 aromatic rings. The first-order valence-corrected chi connectivity index (χ1v) is 6.24. The monoisotopic (exact) mass is 245 g/mol. The Balaban J connectivity index is 1.98. The molecule has 0 aliphatic rings. The number of benzene rings is 1. The van der Waals surface area contributed by atoms with E-state index in [0.717, 1.165) is 11.5 Å². The van der Waals surface area contributed by atoms with Gasteiger partial charge in [0.05, 0.1) is 6.54 Å². The van der Waals surface area contributed by atoms with Crippen molar-refractivity contribution < 1.29 is 9.52 Å². The minimum Gasteiger partial charge on any atom is -0.465 e. The molecule has 0 saturated heterocycles. The van der Waals surface area contributed by atoms with Crippen molar-refractivity contribution in [2.45, 2.75) is 25.9 Å². The maximum atomic E-state index is 9.14. The fourth-order valence-corrected chi connectivity index (χ4v) is 2.00. The van der Waals surface area contributed by atoms with E-state index >= 15 is 0 Å². The third-order valence-corrected chi connectivity index (χ3v) is 2.94. The van der Waals surface area contributed by atoms with Crippen LogP contribution in [0, 0.1) is 6.92 Å². The van der Waals surface area contributed by atoms with Gasteiger partial charge in [0.15, 0.2) is 0 Å². The zero-order valence-corrected chi connectivity index (χ0v) is 10.6. The lowest BCUT2D eigenvalue weighted by atomic mass is 10.0. The van der Waals surface area contributed by atoms with E-state index in [9.17, 15) is 0 Å². The molecule has 0 spiro atoms. The van der Waals surface area contributed by atoms with E-state index in [0.29, 0.717) is 13.0 Å².